The van der Waals surface area contributed by atoms with Crippen LogP contribution in [0.25, 0.3) is 0 Å². The van der Waals surface area contributed by atoms with Crippen LogP contribution in [0.4, 0.5) is 0 Å². The first-order valence-electron chi connectivity index (χ1n) is 6.90. The molecule has 0 spiro atoms. The van der Waals surface area contributed by atoms with E-state index in [-0.39, 0.29) is 0 Å². The van der Waals surface area contributed by atoms with E-state index in [1.807, 2.05) is 0 Å². The molecule has 0 aromatic carbocycles. The summed E-state index contributed by atoms with van der Waals surface area (Å²) in [6.07, 6.45) is 6.65. The van der Waals surface area contributed by atoms with E-state index in [2.05, 4.69) is 48.5 Å². The highest BCUT2D eigenvalue weighted by Gasteiger charge is 2.39. The second kappa shape index (κ2) is 5.92. The van der Waals surface area contributed by atoms with Gasteiger partial charge in [0.25, 0.3) is 0 Å². The summed E-state index contributed by atoms with van der Waals surface area (Å²) in [7, 11) is 0. The standard InChI is InChI=1S/C15H32/c1-8-12-14(6,7)13(5)15(9-2,10-3)11-4/h13H,8-12H2,1-7H3. The molecule has 0 saturated heterocycles. The average molecular weight is 212 g/mol. The topological polar surface area (TPSA) is 0 Å². The fourth-order valence-electron chi connectivity index (χ4n) is 3.36. The Morgan fingerprint density at radius 1 is 0.867 bits per heavy atom. The van der Waals surface area contributed by atoms with E-state index < -0.39 is 0 Å². The van der Waals surface area contributed by atoms with Gasteiger partial charge in [-0.05, 0) is 23.2 Å². The van der Waals surface area contributed by atoms with E-state index >= 15 is 0 Å². The first-order chi connectivity index (χ1) is 6.90. The molecule has 0 rings (SSSR count). The molecule has 0 heteroatoms. The van der Waals surface area contributed by atoms with Crippen LogP contribution >= 0.6 is 0 Å². The minimum atomic E-state index is 0.497. The van der Waals surface area contributed by atoms with Crippen LogP contribution in [0.3, 0.4) is 0 Å². The molecule has 0 aliphatic rings. The first-order valence-corrected chi connectivity index (χ1v) is 6.90. The van der Waals surface area contributed by atoms with Gasteiger partial charge in [0.15, 0.2) is 0 Å². The van der Waals surface area contributed by atoms with Crippen LogP contribution in [-0.2, 0) is 0 Å². The van der Waals surface area contributed by atoms with Crippen LogP contribution < -0.4 is 0 Å². The molecule has 0 aromatic heterocycles. The summed E-state index contributed by atoms with van der Waals surface area (Å²) in [5, 5.41) is 0. The summed E-state index contributed by atoms with van der Waals surface area (Å²) in [4.78, 5) is 0. The van der Waals surface area contributed by atoms with Crippen molar-refractivity contribution in [3.8, 4) is 0 Å². The van der Waals surface area contributed by atoms with Crippen LogP contribution in [0, 0.1) is 16.7 Å². The van der Waals surface area contributed by atoms with E-state index in [9.17, 15) is 0 Å². The molecule has 0 nitrogen and oxygen atoms in total. The third-order valence-electron chi connectivity index (χ3n) is 5.10. The van der Waals surface area contributed by atoms with E-state index in [1.165, 1.54) is 32.1 Å². The van der Waals surface area contributed by atoms with Crippen molar-refractivity contribution < 1.29 is 0 Å². The zero-order valence-corrected chi connectivity index (χ0v) is 12.1. The average Bonchev–Trinajstić information content (AvgIpc) is 2.21. The molecule has 0 fully saturated rings. The highest BCUT2D eigenvalue weighted by Crippen LogP contribution is 2.48. The lowest BCUT2D eigenvalue weighted by molar-refractivity contribution is 0.0387. The quantitative estimate of drug-likeness (QED) is 0.510. The Morgan fingerprint density at radius 2 is 1.27 bits per heavy atom. The van der Waals surface area contributed by atoms with E-state index in [1.54, 1.807) is 0 Å². The fourth-order valence-corrected chi connectivity index (χ4v) is 3.36. The van der Waals surface area contributed by atoms with Crippen molar-refractivity contribution in [3.63, 3.8) is 0 Å². The third kappa shape index (κ3) is 3.23. The minimum Gasteiger partial charge on any atom is -0.0654 e. The SMILES string of the molecule is CCCC(C)(C)C(C)C(CC)(CC)CC. The Hall–Kier alpha value is 0. The molecular weight excluding hydrogens is 180 g/mol. The van der Waals surface area contributed by atoms with Gasteiger partial charge in [0.05, 0.1) is 0 Å². The van der Waals surface area contributed by atoms with Crippen molar-refractivity contribution in [2.75, 3.05) is 0 Å². The van der Waals surface area contributed by atoms with Crippen molar-refractivity contribution >= 4 is 0 Å². The monoisotopic (exact) mass is 212 g/mol. The van der Waals surface area contributed by atoms with Gasteiger partial charge in [0, 0.05) is 0 Å². The summed E-state index contributed by atoms with van der Waals surface area (Å²) < 4.78 is 0. The van der Waals surface area contributed by atoms with Crippen molar-refractivity contribution in [1.29, 1.82) is 0 Å². The molecule has 0 aromatic rings. The van der Waals surface area contributed by atoms with Crippen molar-refractivity contribution in [1.82, 2.24) is 0 Å². The van der Waals surface area contributed by atoms with Crippen molar-refractivity contribution in [2.45, 2.75) is 80.6 Å². The maximum atomic E-state index is 2.48. The third-order valence-corrected chi connectivity index (χ3v) is 5.10. The van der Waals surface area contributed by atoms with Gasteiger partial charge in [-0.25, -0.2) is 0 Å². The molecule has 0 radical (unpaired) electrons. The molecule has 92 valence electrons. The Labute approximate surface area is 97.8 Å². The lowest BCUT2D eigenvalue weighted by atomic mass is 9.59. The second-order valence-electron chi connectivity index (χ2n) is 5.88. The van der Waals surface area contributed by atoms with Crippen LogP contribution in [0.15, 0.2) is 0 Å². The lowest BCUT2D eigenvalue weighted by Gasteiger charge is -2.46. The van der Waals surface area contributed by atoms with E-state index in [0.717, 1.165) is 5.92 Å². The Bertz CT molecular complexity index is 155. The maximum Gasteiger partial charge on any atom is -0.0275 e. The molecule has 0 heterocycles. The van der Waals surface area contributed by atoms with Crippen LogP contribution in [0.2, 0.25) is 0 Å². The summed E-state index contributed by atoms with van der Waals surface area (Å²) in [5.74, 6) is 0.824. The smallest absolute Gasteiger partial charge is 0.0275 e. The highest BCUT2D eigenvalue weighted by atomic mass is 14.4. The Kier molecular flexibility index (Phi) is 5.92. The van der Waals surface area contributed by atoms with Gasteiger partial charge in [-0.3, -0.25) is 0 Å². The molecule has 1 unspecified atom stereocenters. The predicted octanol–water partition coefficient (Wildman–Crippen LogP) is 5.67. The van der Waals surface area contributed by atoms with Gasteiger partial charge in [-0.1, -0.05) is 74.1 Å². The first kappa shape index (κ1) is 15.0. The molecule has 0 N–H and O–H groups in total. The number of hydrogen-bond acceptors (Lipinski definition) is 0. The predicted molar refractivity (Wildman–Crippen MR) is 71.2 cm³/mol. The number of rotatable bonds is 7. The van der Waals surface area contributed by atoms with Crippen molar-refractivity contribution in [2.24, 2.45) is 16.7 Å². The van der Waals surface area contributed by atoms with Crippen LogP contribution in [-0.4, -0.2) is 0 Å². The lowest BCUT2D eigenvalue weighted by Crippen LogP contribution is -2.37. The van der Waals surface area contributed by atoms with Gasteiger partial charge in [-0.15, -0.1) is 0 Å². The summed E-state index contributed by atoms with van der Waals surface area (Å²) in [5.41, 5.74) is 1.06. The molecule has 0 bridgehead atoms. The molecule has 0 aliphatic carbocycles. The maximum absolute atomic E-state index is 2.48. The fraction of sp³-hybridized carbons (Fsp3) is 1.00. The Morgan fingerprint density at radius 3 is 1.53 bits per heavy atom. The minimum absolute atomic E-state index is 0.497. The molecule has 15 heavy (non-hydrogen) atoms. The molecule has 0 saturated carbocycles. The molecule has 0 amide bonds. The van der Waals surface area contributed by atoms with Gasteiger partial charge in [0.2, 0.25) is 0 Å². The summed E-state index contributed by atoms with van der Waals surface area (Å²) in [6.45, 7) is 16.8. The number of hydrogen-bond donors (Lipinski definition) is 0. The summed E-state index contributed by atoms with van der Waals surface area (Å²) in [6, 6.07) is 0. The summed E-state index contributed by atoms with van der Waals surface area (Å²) >= 11 is 0. The van der Waals surface area contributed by atoms with Crippen molar-refractivity contribution in [3.05, 3.63) is 0 Å². The van der Waals surface area contributed by atoms with Crippen LogP contribution in [0.5, 0.6) is 0 Å². The Balaban J connectivity index is 4.83. The molecular formula is C15H32. The molecule has 0 aliphatic heterocycles. The van der Waals surface area contributed by atoms with E-state index in [4.69, 9.17) is 0 Å². The van der Waals surface area contributed by atoms with Gasteiger partial charge < -0.3 is 0 Å². The molecule has 1 atom stereocenters. The normalized spacial score (nSPS) is 15.4. The zero-order chi connectivity index (χ0) is 12.1. The highest BCUT2D eigenvalue weighted by molar-refractivity contribution is 4.89. The van der Waals surface area contributed by atoms with Gasteiger partial charge in [0.1, 0.15) is 0 Å². The van der Waals surface area contributed by atoms with Gasteiger partial charge in [-0.2, -0.15) is 0 Å². The second-order valence-corrected chi connectivity index (χ2v) is 5.88. The van der Waals surface area contributed by atoms with Crippen LogP contribution in [0.1, 0.15) is 80.6 Å². The van der Waals surface area contributed by atoms with E-state index in [0.29, 0.717) is 10.8 Å². The van der Waals surface area contributed by atoms with Gasteiger partial charge >= 0.3 is 0 Å². The largest absolute Gasteiger partial charge is 0.0654 e. The zero-order valence-electron chi connectivity index (χ0n) is 12.1.